The van der Waals surface area contributed by atoms with Crippen molar-refractivity contribution < 1.29 is 28.3 Å². The molecule has 0 radical (unpaired) electrons. The normalized spacial score (nSPS) is 15.1. The lowest BCUT2D eigenvalue weighted by atomic mass is 10.0. The highest BCUT2D eigenvalue weighted by Crippen LogP contribution is 2.35. The Hall–Kier alpha value is -3.36. The molecule has 0 spiro atoms. The molecule has 162 valence electrons. The zero-order valence-corrected chi connectivity index (χ0v) is 18.2. The first kappa shape index (κ1) is 21.9. The monoisotopic (exact) mass is 471 g/mol. The minimum atomic E-state index is -1.05. The SMILES string of the molecule is Cc1ccc(C(=O)O)cc1-c1ccc(/C=C2/SC(=O)N(Cc3c(F)cccc3Cl)C2=O)o1. The van der Waals surface area contributed by atoms with E-state index in [4.69, 9.17) is 16.0 Å². The molecule has 2 amide bonds. The maximum absolute atomic E-state index is 14.1. The minimum absolute atomic E-state index is 0.0618. The van der Waals surface area contributed by atoms with E-state index >= 15 is 0 Å². The highest BCUT2D eigenvalue weighted by molar-refractivity contribution is 8.18. The van der Waals surface area contributed by atoms with Gasteiger partial charge in [-0.1, -0.05) is 23.7 Å². The van der Waals surface area contributed by atoms with E-state index in [-0.39, 0.29) is 27.6 Å². The molecule has 3 aromatic rings. The number of carbonyl (C=O) groups is 3. The average molecular weight is 472 g/mol. The number of furan rings is 1. The molecular weight excluding hydrogens is 457 g/mol. The number of carboxylic acids is 1. The lowest BCUT2D eigenvalue weighted by Crippen LogP contribution is -2.28. The minimum Gasteiger partial charge on any atom is -0.478 e. The summed E-state index contributed by atoms with van der Waals surface area (Å²) in [6.45, 7) is 1.54. The predicted octanol–water partition coefficient (Wildman–Crippen LogP) is 5.98. The quantitative estimate of drug-likeness (QED) is 0.460. The second-order valence-corrected chi connectivity index (χ2v) is 8.41. The number of halogens is 2. The standard InChI is InChI=1S/C23H15ClFNO5S/c1-12-5-6-13(22(28)29)9-15(12)19-8-7-14(31-19)10-20-21(27)26(23(30)32-20)11-16-17(24)3-2-4-18(16)25/h2-10H,11H2,1H3,(H,28,29)/b20-10+. The van der Waals surface area contributed by atoms with Gasteiger partial charge >= 0.3 is 5.97 Å². The van der Waals surface area contributed by atoms with Gasteiger partial charge in [0, 0.05) is 22.2 Å². The van der Waals surface area contributed by atoms with Gasteiger partial charge in [0.15, 0.2) is 0 Å². The van der Waals surface area contributed by atoms with Gasteiger partial charge in [-0.05, 0) is 60.6 Å². The molecule has 9 heteroatoms. The van der Waals surface area contributed by atoms with Gasteiger partial charge in [0.1, 0.15) is 17.3 Å². The summed E-state index contributed by atoms with van der Waals surface area (Å²) in [7, 11) is 0. The number of thioether (sulfide) groups is 1. The Bertz CT molecular complexity index is 1280. The van der Waals surface area contributed by atoms with Crippen LogP contribution in [0, 0.1) is 12.7 Å². The molecular formula is C23H15ClFNO5S. The molecule has 1 fully saturated rings. The zero-order valence-electron chi connectivity index (χ0n) is 16.6. The second kappa shape index (κ2) is 8.64. The van der Waals surface area contributed by atoms with Crippen LogP contribution in [0.15, 0.2) is 57.9 Å². The lowest BCUT2D eigenvalue weighted by molar-refractivity contribution is -0.123. The third-order valence-electron chi connectivity index (χ3n) is 4.90. The molecule has 0 aliphatic carbocycles. The Morgan fingerprint density at radius 3 is 2.72 bits per heavy atom. The summed E-state index contributed by atoms with van der Waals surface area (Å²) in [6.07, 6.45) is 1.42. The number of benzene rings is 2. The van der Waals surface area contributed by atoms with Crippen LogP contribution in [0.4, 0.5) is 9.18 Å². The number of aryl methyl sites for hydroxylation is 1. The maximum atomic E-state index is 14.1. The Kier molecular flexibility index (Phi) is 5.90. The molecule has 1 aromatic heterocycles. The van der Waals surface area contributed by atoms with Crippen LogP contribution in [-0.4, -0.2) is 27.1 Å². The van der Waals surface area contributed by atoms with E-state index in [1.54, 1.807) is 18.2 Å². The van der Waals surface area contributed by atoms with Crippen LogP contribution >= 0.6 is 23.4 Å². The van der Waals surface area contributed by atoms with Crippen LogP contribution in [0.3, 0.4) is 0 Å². The molecule has 4 rings (SSSR count). The first-order valence-electron chi connectivity index (χ1n) is 9.37. The van der Waals surface area contributed by atoms with E-state index in [2.05, 4.69) is 0 Å². The Labute approximate surface area is 191 Å². The van der Waals surface area contributed by atoms with Crippen molar-refractivity contribution in [1.29, 1.82) is 0 Å². The van der Waals surface area contributed by atoms with Crippen molar-refractivity contribution >= 4 is 46.6 Å². The molecule has 1 aliphatic heterocycles. The molecule has 0 bridgehead atoms. The summed E-state index contributed by atoms with van der Waals surface area (Å²) in [6, 6.07) is 12.1. The topological polar surface area (TPSA) is 87.8 Å². The number of hydrogen-bond acceptors (Lipinski definition) is 5. The van der Waals surface area contributed by atoms with Crippen LogP contribution in [0.25, 0.3) is 17.4 Å². The molecule has 1 saturated heterocycles. The third-order valence-corrected chi connectivity index (χ3v) is 6.16. The van der Waals surface area contributed by atoms with Crippen molar-refractivity contribution in [2.45, 2.75) is 13.5 Å². The van der Waals surface area contributed by atoms with Crippen LogP contribution < -0.4 is 0 Å². The number of nitrogens with zero attached hydrogens (tertiary/aromatic N) is 1. The van der Waals surface area contributed by atoms with Gasteiger partial charge in [0.25, 0.3) is 11.1 Å². The number of carbonyl (C=O) groups excluding carboxylic acids is 2. The van der Waals surface area contributed by atoms with E-state index in [9.17, 15) is 23.9 Å². The fraction of sp³-hybridized carbons (Fsp3) is 0.0870. The molecule has 0 unspecified atom stereocenters. The van der Waals surface area contributed by atoms with Gasteiger partial charge in [-0.3, -0.25) is 14.5 Å². The van der Waals surface area contributed by atoms with Crippen molar-refractivity contribution in [3.8, 4) is 11.3 Å². The largest absolute Gasteiger partial charge is 0.478 e. The van der Waals surface area contributed by atoms with Gasteiger partial charge in [0.05, 0.1) is 17.0 Å². The summed E-state index contributed by atoms with van der Waals surface area (Å²) in [5, 5.41) is 8.80. The van der Waals surface area contributed by atoms with Crippen LogP contribution in [0.5, 0.6) is 0 Å². The van der Waals surface area contributed by atoms with Crippen molar-refractivity contribution in [2.24, 2.45) is 0 Å². The van der Waals surface area contributed by atoms with Gasteiger partial charge < -0.3 is 9.52 Å². The van der Waals surface area contributed by atoms with Crippen molar-refractivity contribution in [3.05, 3.63) is 86.7 Å². The first-order chi connectivity index (χ1) is 15.2. The maximum Gasteiger partial charge on any atom is 0.335 e. The third kappa shape index (κ3) is 4.19. The smallest absolute Gasteiger partial charge is 0.335 e. The summed E-state index contributed by atoms with van der Waals surface area (Å²) in [5.41, 5.74) is 1.60. The summed E-state index contributed by atoms with van der Waals surface area (Å²) in [5.74, 6) is -1.50. The Balaban J connectivity index is 1.59. The first-order valence-corrected chi connectivity index (χ1v) is 10.6. The van der Waals surface area contributed by atoms with Crippen LogP contribution in [0.1, 0.15) is 27.2 Å². The fourth-order valence-corrected chi connectivity index (χ4v) is 4.24. The van der Waals surface area contributed by atoms with Crippen LogP contribution in [-0.2, 0) is 11.3 Å². The molecule has 0 saturated carbocycles. The van der Waals surface area contributed by atoms with E-state index in [0.29, 0.717) is 17.1 Å². The second-order valence-electron chi connectivity index (χ2n) is 7.00. The number of aromatic carboxylic acids is 1. The number of carboxylic acid groups (broad SMARTS) is 1. The molecule has 1 aliphatic rings. The molecule has 32 heavy (non-hydrogen) atoms. The fourth-order valence-electron chi connectivity index (χ4n) is 3.20. The van der Waals surface area contributed by atoms with Crippen molar-refractivity contribution in [2.75, 3.05) is 0 Å². The molecule has 0 atom stereocenters. The zero-order chi connectivity index (χ0) is 23.0. The Morgan fingerprint density at radius 2 is 2.00 bits per heavy atom. The summed E-state index contributed by atoms with van der Waals surface area (Å²) in [4.78, 5) is 37.4. The van der Waals surface area contributed by atoms with Gasteiger partial charge in [-0.15, -0.1) is 0 Å². The van der Waals surface area contributed by atoms with E-state index in [1.807, 2.05) is 6.92 Å². The Morgan fingerprint density at radius 1 is 1.22 bits per heavy atom. The highest BCUT2D eigenvalue weighted by atomic mass is 35.5. The van der Waals surface area contributed by atoms with E-state index in [0.717, 1.165) is 22.2 Å². The lowest BCUT2D eigenvalue weighted by Gasteiger charge is -2.14. The van der Waals surface area contributed by atoms with Gasteiger partial charge in [-0.25, -0.2) is 9.18 Å². The number of hydrogen-bond donors (Lipinski definition) is 1. The highest BCUT2D eigenvalue weighted by Gasteiger charge is 2.36. The number of amides is 2. The molecule has 2 heterocycles. The number of rotatable bonds is 5. The van der Waals surface area contributed by atoms with Gasteiger partial charge in [0.2, 0.25) is 0 Å². The molecule has 2 aromatic carbocycles. The van der Waals surface area contributed by atoms with E-state index < -0.39 is 22.9 Å². The van der Waals surface area contributed by atoms with Crippen molar-refractivity contribution in [1.82, 2.24) is 4.90 Å². The number of imide groups is 1. The van der Waals surface area contributed by atoms with Crippen LogP contribution in [0.2, 0.25) is 5.02 Å². The van der Waals surface area contributed by atoms with Gasteiger partial charge in [-0.2, -0.15) is 0 Å². The molecule has 1 N–H and O–H groups in total. The predicted molar refractivity (Wildman–Crippen MR) is 119 cm³/mol. The summed E-state index contributed by atoms with van der Waals surface area (Å²) < 4.78 is 19.8. The molecule has 6 nitrogen and oxygen atoms in total. The van der Waals surface area contributed by atoms with E-state index in [1.165, 1.54) is 36.4 Å². The summed E-state index contributed by atoms with van der Waals surface area (Å²) >= 11 is 6.73. The average Bonchev–Trinajstić information content (AvgIpc) is 3.30. The van der Waals surface area contributed by atoms with Crippen molar-refractivity contribution in [3.63, 3.8) is 0 Å².